The van der Waals surface area contributed by atoms with Crippen molar-refractivity contribution in [3.8, 4) is 5.75 Å². The number of para-hydroxylation sites is 1. The molecule has 0 spiro atoms. The van der Waals surface area contributed by atoms with Crippen molar-refractivity contribution >= 4 is 29.4 Å². The number of ketones is 1. The van der Waals surface area contributed by atoms with E-state index in [1.807, 2.05) is 12.1 Å². The van der Waals surface area contributed by atoms with Crippen molar-refractivity contribution in [1.82, 2.24) is 0 Å². The van der Waals surface area contributed by atoms with E-state index < -0.39 is 18.5 Å². The van der Waals surface area contributed by atoms with E-state index in [1.54, 1.807) is 42.5 Å². The van der Waals surface area contributed by atoms with Crippen LogP contribution in [0.25, 0.3) is 6.08 Å². The number of ether oxygens (including phenoxy) is 2. The number of carbonyl (C=O) groups is 3. The van der Waals surface area contributed by atoms with E-state index in [1.165, 1.54) is 20.1 Å². The van der Waals surface area contributed by atoms with Crippen LogP contribution in [0.3, 0.4) is 0 Å². The minimum Gasteiger partial charge on any atom is -0.496 e. The van der Waals surface area contributed by atoms with Gasteiger partial charge in [0.1, 0.15) is 5.75 Å². The molecule has 0 aliphatic carbocycles. The fourth-order valence-corrected chi connectivity index (χ4v) is 2.16. The number of nitrogens with one attached hydrogen (secondary N) is 1. The first-order valence-electron chi connectivity index (χ1n) is 7.88. The molecule has 0 radical (unpaired) electrons. The zero-order valence-electron chi connectivity index (χ0n) is 14.5. The van der Waals surface area contributed by atoms with E-state index in [2.05, 4.69) is 5.32 Å². The molecular formula is C20H19NO5. The van der Waals surface area contributed by atoms with Gasteiger partial charge in [-0.15, -0.1) is 0 Å². The summed E-state index contributed by atoms with van der Waals surface area (Å²) in [6.07, 6.45) is 2.77. The van der Waals surface area contributed by atoms with Crippen molar-refractivity contribution in [3.63, 3.8) is 0 Å². The number of anilines is 1. The van der Waals surface area contributed by atoms with Gasteiger partial charge >= 0.3 is 5.97 Å². The molecule has 0 fully saturated rings. The fraction of sp³-hybridized carbons (Fsp3) is 0.150. The lowest BCUT2D eigenvalue weighted by atomic mass is 10.1. The Morgan fingerprint density at radius 3 is 2.58 bits per heavy atom. The number of hydrogen-bond donors (Lipinski definition) is 1. The summed E-state index contributed by atoms with van der Waals surface area (Å²) in [7, 11) is 1.54. The Labute approximate surface area is 151 Å². The molecule has 0 heterocycles. The molecule has 1 N–H and O–H groups in total. The van der Waals surface area contributed by atoms with Gasteiger partial charge in [-0.1, -0.05) is 30.3 Å². The third-order valence-electron chi connectivity index (χ3n) is 3.44. The van der Waals surface area contributed by atoms with Gasteiger partial charge in [-0.3, -0.25) is 9.59 Å². The third-order valence-corrected chi connectivity index (χ3v) is 3.44. The average molecular weight is 353 g/mol. The summed E-state index contributed by atoms with van der Waals surface area (Å²) in [6.45, 7) is 1.01. The maximum absolute atomic E-state index is 11.9. The number of esters is 1. The Morgan fingerprint density at radius 1 is 1.08 bits per heavy atom. The molecule has 0 saturated carbocycles. The van der Waals surface area contributed by atoms with Crippen LogP contribution in [0, 0.1) is 0 Å². The average Bonchev–Trinajstić information content (AvgIpc) is 2.65. The number of amides is 1. The summed E-state index contributed by atoms with van der Waals surface area (Å²) in [4.78, 5) is 34.9. The first-order valence-corrected chi connectivity index (χ1v) is 7.88. The highest BCUT2D eigenvalue weighted by molar-refractivity contribution is 5.98. The topological polar surface area (TPSA) is 81.7 Å². The molecule has 0 unspecified atom stereocenters. The molecule has 2 aromatic rings. The zero-order chi connectivity index (χ0) is 18.9. The minimum absolute atomic E-state index is 0.103. The second kappa shape index (κ2) is 9.17. The maximum Gasteiger partial charge on any atom is 0.331 e. The number of Topliss-reactive ketones (excluding diaryl/α,β-unsaturated/α-hetero) is 1. The highest BCUT2D eigenvalue weighted by Crippen LogP contribution is 2.18. The van der Waals surface area contributed by atoms with Crippen LogP contribution in [-0.2, 0) is 14.3 Å². The largest absolute Gasteiger partial charge is 0.496 e. The fourth-order valence-electron chi connectivity index (χ4n) is 2.16. The number of methoxy groups -OCH3 is 1. The summed E-state index contributed by atoms with van der Waals surface area (Å²) in [5.41, 5.74) is 1.67. The number of carbonyl (C=O) groups excluding carboxylic acids is 3. The molecule has 0 aliphatic heterocycles. The first kappa shape index (κ1) is 18.9. The molecule has 6 heteroatoms. The highest BCUT2D eigenvalue weighted by Gasteiger charge is 2.07. The first-order chi connectivity index (χ1) is 12.5. The van der Waals surface area contributed by atoms with Crippen molar-refractivity contribution in [2.45, 2.75) is 6.92 Å². The number of rotatable bonds is 7. The molecule has 6 nitrogen and oxygen atoms in total. The Bertz CT molecular complexity index is 842. The molecule has 0 aliphatic rings. The lowest BCUT2D eigenvalue weighted by Gasteiger charge is -2.06. The van der Waals surface area contributed by atoms with Gasteiger partial charge in [0.15, 0.2) is 12.4 Å². The molecular weight excluding hydrogens is 334 g/mol. The molecule has 0 bridgehead atoms. The maximum atomic E-state index is 11.9. The lowest BCUT2D eigenvalue weighted by molar-refractivity contribution is -0.142. The van der Waals surface area contributed by atoms with Gasteiger partial charge in [-0.25, -0.2) is 4.79 Å². The van der Waals surface area contributed by atoms with E-state index in [4.69, 9.17) is 9.47 Å². The summed E-state index contributed by atoms with van der Waals surface area (Å²) < 4.78 is 10.1. The van der Waals surface area contributed by atoms with Crippen LogP contribution in [-0.4, -0.2) is 31.4 Å². The van der Waals surface area contributed by atoms with Crippen molar-refractivity contribution < 1.29 is 23.9 Å². The van der Waals surface area contributed by atoms with Crippen molar-refractivity contribution in [1.29, 1.82) is 0 Å². The normalized spacial score (nSPS) is 10.4. The van der Waals surface area contributed by atoms with Gasteiger partial charge in [-0.2, -0.15) is 0 Å². The molecule has 2 aromatic carbocycles. The number of benzene rings is 2. The quantitative estimate of drug-likeness (QED) is 0.470. The predicted octanol–water partition coefficient (Wildman–Crippen LogP) is 3.09. The summed E-state index contributed by atoms with van der Waals surface area (Å²) >= 11 is 0. The molecule has 0 saturated heterocycles. The summed E-state index contributed by atoms with van der Waals surface area (Å²) in [6, 6.07) is 13.7. The SMILES string of the molecule is COc1ccccc1/C=C/C(=O)OCC(=O)Nc1cccc(C(C)=O)c1. The monoisotopic (exact) mass is 353 g/mol. The van der Waals surface area contributed by atoms with Crippen LogP contribution in [0.4, 0.5) is 5.69 Å². The van der Waals surface area contributed by atoms with E-state index in [-0.39, 0.29) is 5.78 Å². The molecule has 134 valence electrons. The standard InChI is InChI=1S/C20H19NO5/c1-14(22)16-7-5-8-17(12-16)21-19(23)13-26-20(24)11-10-15-6-3-4-9-18(15)25-2/h3-12H,13H2,1-2H3,(H,21,23)/b11-10+. The summed E-state index contributed by atoms with van der Waals surface area (Å²) in [5, 5.41) is 2.57. The van der Waals surface area contributed by atoms with Crippen LogP contribution < -0.4 is 10.1 Å². The predicted molar refractivity (Wildman–Crippen MR) is 98.1 cm³/mol. The zero-order valence-corrected chi connectivity index (χ0v) is 14.5. The van der Waals surface area contributed by atoms with Crippen LogP contribution in [0.5, 0.6) is 5.75 Å². The van der Waals surface area contributed by atoms with Gasteiger partial charge in [0.05, 0.1) is 7.11 Å². The van der Waals surface area contributed by atoms with Crippen LogP contribution >= 0.6 is 0 Å². The van der Waals surface area contributed by atoms with Crippen LogP contribution in [0.15, 0.2) is 54.6 Å². The lowest BCUT2D eigenvalue weighted by Crippen LogP contribution is -2.20. The molecule has 1 amide bonds. The highest BCUT2D eigenvalue weighted by atomic mass is 16.5. The third kappa shape index (κ3) is 5.59. The molecule has 0 aromatic heterocycles. The van der Waals surface area contributed by atoms with E-state index in [0.29, 0.717) is 17.0 Å². The molecule has 2 rings (SSSR count). The van der Waals surface area contributed by atoms with E-state index >= 15 is 0 Å². The van der Waals surface area contributed by atoms with Gasteiger partial charge < -0.3 is 14.8 Å². The van der Waals surface area contributed by atoms with E-state index in [0.717, 1.165) is 5.56 Å². The van der Waals surface area contributed by atoms with Crippen molar-refractivity contribution in [3.05, 3.63) is 65.7 Å². The van der Waals surface area contributed by atoms with E-state index in [9.17, 15) is 14.4 Å². The second-order valence-corrected chi connectivity index (χ2v) is 5.37. The van der Waals surface area contributed by atoms with Crippen molar-refractivity contribution in [2.24, 2.45) is 0 Å². The van der Waals surface area contributed by atoms with Crippen LogP contribution in [0.1, 0.15) is 22.8 Å². The molecule has 26 heavy (non-hydrogen) atoms. The van der Waals surface area contributed by atoms with Gasteiger partial charge in [-0.05, 0) is 31.2 Å². The Balaban J connectivity index is 1.87. The van der Waals surface area contributed by atoms with Crippen molar-refractivity contribution in [2.75, 3.05) is 19.0 Å². The van der Waals surface area contributed by atoms with Crippen LogP contribution in [0.2, 0.25) is 0 Å². The minimum atomic E-state index is -0.649. The van der Waals surface area contributed by atoms with Gasteiger partial charge in [0, 0.05) is 22.9 Å². The Hall–Kier alpha value is -3.41. The van der Waals surface area contributed by atoms with Gasteiger partial charge in [0.25, 0.3) is 5.91 Å². The Kier molecular flexibility index (Phi) is 6.68. The second-order valence-electron chi connectivity index (χ2n) is 5.37. The molecule has 0 atom stereocenters. The Morgan fingerprint density at radius 2 is 1.85 bits per heavy atom. The smallest absolute Gasteiger partial charge is 0.331 e. The van der Waals surface area contributed by atoms with Gasteiger partial charge in [0.2, 0.25) is 0 Å². The number of hydrogen-bond acceptors (Lipinski definition) is 5. The summed E-state index contributed by atoms with van der Waals surface area (Å²) in [5.74, 6) is -0.623.